The SMILES string of the molecule is CCN1C(=O)N2Cc3cc(OC)cc(OC)c3[C@H](C)C=C2C12CCN(C(=O)[C@@](OC)(c1ccccc1)C(F)(F)F)CC2. The Balaban J connectivity index is 1.50. The molecule has 3 heterocycles. The van der Waals surface area contributed by atoms with E-state index in [0.717, 1.165) is 23.9 Å². The number of likely N-dealkylation sites (tertiary alicyclic amines) is 1. The molecule has 2 saturated heterocycles. The molecule has 2 atom stereocenters. The van der Waals surface area contributed by atoms with Gasteiger partial charge in [0.1, 0.15) is 11.5 Å². The van der Waals surface area contributed by atoms with Crippen molar-refractivity contribution in [1.29, 1.82) is 0 Å². The van der Waals surface area contributed by atoms with Gasteiger partial charge < -0.3 is 24.0 Å². The van der Waals surface area contributed by atoms with Gasteiger partial charge >= 0.3 is 12.2 Å². The Morgan fingerprint density at radius 3 is 2.26 bits per heavy atom. The summed E-state index contributed by atoms with van der Waals surface area (Å²) in [6, 6.07) is 10.6. The van der Waals surface area contributed by atoms with Crippen molar-refractivity contribution in [1.82, 2.24) is 14.7 Å². The largest absolute Gasteiger partial charge is 0.497 e. The Kier molecular flexibility index (Phi) is 7.67. The Morgan fingerprint density at radius 2 is 1.71 bits per heavy atom. The maximum atomic E-state index is 14.6. The second-order valence-corrected chi connectivity index (χ2v) is 10.9. The van der Waals surface area contributed by atoms with Crippen LogP contribution in [-0.2, 0) is 21.7 Å². The van der Waals surface area contributed by atoms with E-state index in [1.807, 2.05) is 26.0 Å². The second-order valence-electron chi connectivity index (χ2n) is 10.9. The summed E-state index contributed by atoms with van der Waals surface area (Å²) in [4.78, 5) is 32.4. The number of likely N-dealkylation sites (N-methyl/N-ethyl adjacent to an activating group) is 1. The lowest BCUT2D eigenvalue weighted by Crippen LogP contribution is -2.61. The number of amides is 3. The third-order valence-corrected chi connectivity index (χ3v) is 8.98. The van der Waals surface area contributed by atoms with Gasteiger partial charge in [-0.3, -0.25) is 9.69 Å². The molecule has 2 aromatic rings. The summed E-state index contributed by atoms with van der Waals surface area (Å²) in [5, 5.41) is 0. The standard InChI is InChI=1S/C31H36F3N3O5/c1-6-37-28(39)36-19-21-17-23(40-3)18-24(41-4)26(21)20(2)16-25(36)29(37)12-14-35(15-13-29)27(38)30(42-5,31(32,33)34)22-10-8-7-9-11-22/h7-11,16-18,20H,6,12-15,19H2,1-5H3/t20-,30+/m1/s1. The van der Waals surface area contributed by atoms with Crippen LogP contribution in [0.25, 0.3) is 0 Å². The normalized spacial score (nSPS) is 21.3. The van der Waals surface area contributed by atoms with Crippen LogP contribution in [0.2, 0.25) is 0 Å². The number of rotatable bonds is 6. The lowest BCUT2D eigenvalue weighted by molar-refractivity contribution is -0.270. The predicted molar refractivity (Wildman–Crippen MR) is 149 cm³/mol. The van der Waals surface area contributed by atoms with Crippen molar-refractivity contribution >= 4 is 11.9 Å². The van der Waals surface area contributed by atoms with Gasteiger partial charge in [0.05, 0.1) is 26.3 Å². The molecule has 0 N–H and O–H groups in total. The quantitative estimate of drug-likeness (QED) is 0.451. The molecule has 0 aliphatic carbocycles. The van der Waals surface area contributed by atoms with Crippen LogP contribution in [0.1, 0.15) is 49.3 Å². The molecule has 3 amide bonds. The number of alkyl halides is 3. The van der Waals surface area contributed by atoms with E-state index in [-0.39, 0.29) is 43.4 Å². The molecule has 0 radical (unpaired) electrons. The highest BCUT2D eigenvalue weighted by Crippen LogP contribution is 2.50. The van der Waals surface area contributed by atoms with E-state index in [0.29, 0.717) is 24.6 Å². The number of hydrogen-bond acceptors (Lipinski definition) is 5. The van der Waals surface area contributed by atoms with Gasteiger partial charge in [0.2, 0.25) is 0 Å². The van der Waals surface area contributed by atoms with Gasteiger partial charge in [-0.2, -0.15) is 13.2 Å². The smallest absolute Gasteiger partial charge is 0.430 e. The molecule has 42 heavy (non-hydrogen) atoms. The molecule has 8 nitrogen and oxygen atoms in total. The number of nitrogens with zero attached hydrogens (tertiary/aromatic N) is 3. The lowest BCUT2D eigenvalue weighted by atomic mass is 9.81. The van der Waals surface area contributed by atoms with Crippen molar-refractivity contribution in [2.24, 2.45) is 0 Å². The van der Waals surface area contributed by atoms with Gasteiger partial charge in [0.25, 0.3) is 11.5 Å². The molecular formula is C31H36F3N3O5. The minimum absolute atomic E-state index is 0.0281. The monoisotopic (exact) mass is 587 g/mol. The van der Waals surface area contributed by atoms with Gasteiger partial charge in [-0.05, 0) is 31.4 Å². The molecule has 2 fully saturated rings. The fraction of sp³-hybridized carbons (Fsp3) is 0.484. The highest BCUT2D eigenvalue weighted by Gasteiger charge is 2.65. The number of allylic oxidation sites excluding steroid dienone is 1. The molecule has 3 aliphatic rings. The zero-order chi connectivity index (χ0) is 30.4. The molecule has 0 unspecified atom stereocenters. The zero-order valence-corrected chi connectivity index (χ0v) is 24.5. The summed E-state index contributed by atoms with van der Waals surface area (Å²) in [6.07, 6.45) is -2.35. The van der Waals surface area contributed by atoms with Crippen LogP contribution in [0, 0.1) is 0 Å². The van der Waals surface area contributed by atoms with E-state index in [1.165, 1.54) is 29.2 Å². The van der Waals surface area contributed by atoms with Crippen LogP contribution in [-0.4, -0.2) is 79.3 Å². The van der Waals surface area contributed by atoms with E-state index < -0.39 is 23.2 Å². The first-order chi connectivity index (χ1) is 20.0. The van der Waals surface area contributed by atoms with Crippen LogP contribution in [0.15, 0.2) is 54.2 Å². The zero-order valence-electron chi connectivity index (χ0n) is 24.5. The van der Waals surface area contributed by atoms with Gasteiger partial charge in [-0.25, -0.2) is 4.79 Å². The minimum Gasteiger partial charge on any atom is -0.497 e. The first-order valence-corrected chi connectivity index (χ1v) is 14.0. The maximum Gasteiger partial charge on any atom is 0.430 e. The van der Waals surface area contributed by atoms with Gasteiger partial charge in [0.15, 0.2) is 0 Å². The van der Waals surface area contributed by atoms with Crippen molar-refractivity contribution in [3.63, 3.8) is 0 Å². The number of methoxy groups -OCH3 is 3. The van der Waals surface area contributed by atoms with Gasteiger partial charge in [0, 0.05) is 55.6 Å². The summed E-state index contributed by atoms with van der Waals surface area (Å²) >= 11 is 0. The number of halogens is 3. The predicted octanol–water partition coefficient (Wildman–Crippen LogP) is 5.43. The van der Waals surface area contributed by atoms with Crippen molar-refractivity contribution in [3.8, 4) is 11.5 Å². The number of carbonyl (C=O) groups excluding carboxylic acids is 2. The topological polar surface area (TPSA) is 71.6 Å². The van der Waals surface area contributed by atoms with Crippen LogP contribution < -0.4 is 9.47 Å². The molecule has 0 bridgehead atoms. The highest BCUT2D eigenvalue weighted by atomic mass is 19.4. The van der Waals surface area contributed by atoms with Gasteiger partial charge in [-0.1, -0.05) is 43.3 Å². The molecule has 2 aromatic carbocycles. The van der Waals surface area contributed by atoms with E-state index in [4.69, 9.17) is 14.2 Å². The van der Waals surface area contributed by atoms with E-state index in [2.05, 4.69) is 6.08 Å². The molecule has 3 aliphatic heterocycles. The minimum atomic E-state index is -4.99. The number of carbonyl (C=O) groups is 2. The lowest BCUT2D eigenvalue weighted by Gasteiger charge is -2.46. The molecule has 5 rings (SSSR count). The maximum absolute atomic E-state index is 14.6. The molecule has 11 heteroatoms. The number of benzene rings is 2. The summed E-state index contributed by atoms with van der Waals surface area (Å²) < 4.78 is 60.1. The molecule has 0 aromatic heterocycles. The van der Waals surface area contributed by atoms with Crippen molar-refractivity contribution < 1.29 is 37.0 Å². The number of piperidine rings is 1. The fourth-order valence-corrected chi connectivity index (χ4v) is 6.97. The van der Waals surface area contributed by atoms with E-state index >= 15 is 0 Å². The average Bonchev–Trinajstić information content (AvgIpc) is 3.08. The Morgan fingerprint density at radius 1 is 1.05 bits per heavy atom. The number of urea groups is 1. The number of fused-ring (bicyclic) bond motifs is 3. The highest BCUT2D eigenvalue weighted by molar-refractivity contribution is 5.88. The molecule has 0 saturated carbocycles. The summed E-state index contributed by atoms with van der Waals surface area (Å²) in [6.45, 7) is 4.69. The average molecular weight is 588 g/mol. The third kappa shape index (κ3) is 4.31. The molecule has 1 spiro atoms. The summed E-state index contributed by atoms with van der Waals surface area (Å²) in [5.74, 6) is 0.00117. The number of hydrogen-bond donors (Lipinski definition) is 0. The van der Waals surface area contributed by atoms with Crippen molar-refractivity contribution in [3.05, 3.63) is 70.9 Å². The Hall–Kier alpha value is -3.73. The second kappa shape index (κ2) is 10.8. The summed E-state index contributed by atoms with van der Waals surface area (Å²) in [5.41, 5.74) is -1.51. The van der Waals surface area contributed by atoms with Crippen molar-refractivity contribution in [2.75, 3.05) is 41.0 Å². The summed E-state index contributed by atoms with van der Waals surface area (Å²) in [7, 11) is 4.08. The van der Waals surface area contributed by atoms with Gasteiger partial charge in [-0.15, -0.1) is 0 Å². The first-order valence-electron chi connectivity index (χ1n) is 14.0. The van der Waals surface area contributed by atoms with Crippen LogP contribution in [0.5, 0.6) is 11.5 Å². The third-order valence-electron chi connectivity index (χ3n) is 8.98. The molecule has 226 valence electrons. The Bertz CT molecular complexity index is 1390. The first kappa shape index (κ1) is 29.8. The van der Waals surface area contributed by atoms with Crippen LogP contribution in [0.3, 0.4) is 0 Å². The fourth-order valence-electron chi connectivity index (χ4n) is 6.97. The van der Waals surface area contributed by atoms with Crippen LogP contribution in [0.4, 0.5) is 18.0 Å². The number of ether oxygens (including phenoxy) is 3. The molecular weight excluding hydrogens is 551 g/mol. The Labute approximate surface area is 243 Å². The van der Waals surface area contributed by atoms with Crippen molar-refractivity contribution in [2.45, 2.75) is 56.5 Å². The van der Waals surface area contributed by atoms with E-state index in [9.17, 15) is 22.8 Å². The van der Waals surface area contributed by atoms with Crippen LogP contribution >= 0.6 is 0 Å². The van der Waals surface area contributed by atoms with E-state index in [1.54, 1.807) is 30.1 Å².